The molecular formula is C15H16N2O3. The lowest BCUT2D eigenvalue weighted by Gasteiger charge is -2.17. The van der Waals surface area contributed by atoms with Gasteiger partial charge in [-0.1, -0.05) is 18.6 Å². The molecule has 2 atom stereocenters. The molecule has 0 aliphatic heterocycles. The maximum atomic E-state index is 12.1. The van der Waals surface area contributed by atoms with Crippen molar-refractivity contribution in [2.45, 2.75) is 31.7 Å². The van der Waals surface area contributed by atoms with Crippen LogP contribution in [-0.2, 0) is 11.2 Å². The Balaban J connectivity index is 2.06. The number of carboxylic acid groups (broad SMARTS) is 1. The van der Waals surface area contributed by atoms with Gasteiger partial charge in [0.1, 0.15) is 0 Å². The number of aliphatic carboxylic acids is 1. The van der Waals surface area contributed by atoms with E-state index in [4.69, 9.17) is 10.4 Å². The van der Waals surface area contributed by atoms with E-state index in [1.807, 2.05) is 6.07 Å². The van der Waals surface area contributed by atoms with Crippen molar-refractivity contribution >= 4 is 11.9 Å². The van der Waals surface area contributed by atoms with E-state index in [0.29, 0.717) is 18.4 Å². The molecule has 5 nitrogen and oxygen atoms in total. The first-order chi connectivity index (χ1) is 9.61. The molecule has 1 amide bonds. The van der Waals surface area contributed by atoms with Gasteiger partial charge in [0.25, 0.3) is 5.91 Å². The molecule has 0 saturated heterocycles. The lowest BCUT2D eigenvalue weighted by molar-refractivity contribution is -0.142. The number of benzene rings is 1. The second-order valence-electron chi connectivity index (χ2n) is 4.99. The number of nitrogens with zero attached hydrogens (tertiary/aromatic N) is 1. The summed E-state index contributed by atoms with van der Waals surface area (Å²) in [6, 6.07) is 8.58. The zero-order valence-electron chi connectivity index (χ0n) is 11.0. The first-order valence-electron chi connectivity index (χ1n) is 6.61. The minimum absolute atomic E-state index is 0.252. The van der Waals surface area contributed by atoms with E-state index in [-0.39, 0.29) is 18.4 Å². The van der Waals surface area contributed by atoms with Crippen molar-refractivity contribution in [2.24, 2.45) is 5.92 Å². The van der Waals surface area contributed by atoms with Crippen LogP contribution in [0.25, 0.3) is 0 Å². The van der Waals surface area contributed by atoms with Crippen molar-refractivity contribution in [1.82, 2.24) is 5.32 Å². The Morgan fingerprint density at radius 2 is 2.20 bits per heavy atom. The van der Waals surface area contributed by atoms with Gasteiger partial charge < -0.3 is 10.4 Å². The fourth-order valence-corrected chi connectivity index (χ4v) is 2.59. The maximum Gasteiger partial charge on any atom is 0.308 e. The van der Waals surface area contributed by atoms with Gasteiger partial charge in [-0.3, -0.25) is 9.59 Å². The van der Waals surface area contributed by atoms with E-state index in [1.54, 1.807) is 24.3 Å². The maximum absolute atomic E-state index is 12.1. The second kappa shape index (κ2) is 6.20. The average molecular weight is 272 g/mol. The van der Waals surface area contributed by atoms with Gasteiger partial charge in [-0.2, -0.15) is 5.26 Å². The van der Waals surface area contributed by atoms with E-state index in [1.165, 1.54) is 0 Å². The molecule has 1 saturated carbocycles. The molecule has 1 fully saturated rings. The topological polar surface area (TPSA) is 90.2 Å². The van der Waals surface area contributed by atoms with Crippen LogP contribution in [0.5, 0.6) is 0 Å². The van der Waals surface area contributed by atoms with Crippen LogP contribution in [-0.4, -0.2) is 23.0 Å². The van der Waals surface area contributed by atoms with Crippen molar-refractivity contribution in [3.63, 3.8) is 0 Å². The molecule has 5 heteroatoms. The highest BCUT2D eigenvalue weighted by atomic mass is 16.4. The Labute approximate surface area is 117 Å². The van der Waals surface area contributed by atoms with Crippen molar-refractivity contribution < 1.29 is 14.7 Å². The van der Waals surface area contributed by atoms with Crippen LogP contribution < -0.4 is 5.32 Å². The van der Waals surface area contributed by atoms with Crippen LogP contribution in [0.2, 0.25) is 0 Å². The van der Waals surface area contributed by atoms with Gasteiger partial charge in [0.05, 0.1) is 18.4 Å². The smallest absolute Gasteiger partial charge is 0.308 e. The first-order valence-corrected chi connectivity index (χ1v) is 6.61. The van der Waals surface area contributed by atoms with Gasteiger partial charge in [-0.05, 0) is 30.5 Å². The molecule has 1 aliphatic rings. The number of amides is 1. The molecule has 2 N–H and O–H groups in total. The second-order valence-corrected chi connectivity index (χ2v) is 4.99. The molecule has 1 aromatic rings. The van der Waals surface area contributed by atoms with E-state index in [9.17, 15) is 9.59 Å². The summed E-state index contributed by atoms with van der Waals surface area (Å²) < 4.78 is 0. The summed E-state index contributed by atoms with van der Waals surface area (Å²) in [6.07, 6.45) is 2.37. The number of carbonyl (C=O) groups is 2. The van der Waals surface area contributed by atoms with Gasteiger partial charge in [-0.25, -0.2) is 0 Å². The number of hydrogen-bond donors (Lipinski definition) is 2. The summed E-state index contributed by atoms with van der Waals surface area (Å²) in [6.45, 7) is 0. The molecule has 2 rings (SSSR count). The van der Waals surface area contributed by atoms with Crippen molar-refractivity contribution in [1.29, 1.82) is 5.26 Å². The molecule has 20 heavy (non-hydrogen) atoms. The van der Waals surface area contributed by atoms with Crippen molar-refractivity contribution in [3.8, 4) is 6.07 Å². The first kappa shape index (κ1) is 14.1. The Hall–Kier alpha value is -2.35. The Morgan fingerprint density at radius 1 is 1.40 bits per heavy atom. The summed E-state index contributed by atoms with van der Waals surface area (Å²) in [4.78, 5) is 23.2. The molecule has 0 heterocycles. The third-order valence-corrected chi connectivity index (χ3v) is 3.62. The number of rotatable bonds is 4. The zero-order valence-corrected chi connectivity index (χ0v) is 11.0. The van der Waals surface area contributed by atoms with Gasteiger partial charge in [0.2, 0.25) is 0 Å². The molecule has 1 aliphatic carbocycles. The summed E-state index contributed by atoms with van der Waals surface area (Å²) in [7, 11) is 0. The number of carboxylic acids is 1. The quantitative estimate of drug-likeness (QED) is 0.873. The SMILES string of the molecule is N#CCc1cccc(C(=O)N[C@H]2CCC[C@H]2C(=O)O)c1. The molecule has 0 aromatic heterocycles. The summed E-state index contributed by atoms with van der Waals surface area (Å²) in [5.41, 5.74) is 1.25. The normalized spacial score (nSPS) is 21.1. The van der Waals surface area contributed by atoms with Crippen LogP contribution >= 0.6 is 0 Å². The van der Waals surface area contributed by atoms with E-state index in [0.717, 1.165) is 12.0 Å². The number of nitrogens with one attached hydrogen (secondary N) is 1. The fourth-order valence-electron chi connectivity index (χ4n) is 2.59. The Morgan fingerprint density at radius 3 is 2.90 bits per heavy atom. The zero-order chi connectivity index (χ0) is 14.5. The van der Waals surface area contributed by atoms with Crippen LogP contribution in [0.3, 0.4) is 0 Å². The van der Waals surface area contributed by atoms with E-state index < -0.39 is 11.9 Å². The third kappa shape index (κ3) is 3.15. The Bertz CT molecular complexity index is 562. The van der Waals surface area contributed by atoms with Gasteiger partial charge in [-0.15, -0.1) is 0 Å². The van der Waals surface area contributed by atoms with E-state index in [2.05, 4.69) is 5.32 Å². The highest BCUT2D eigenvalue weighted by Gasteiger charge is 2.33. The summed E-state index contributed by atoms with van der Waals surface area (Å²) in [5, 5.41) is 20.5. The minimum Gasteiger partial charge on any atom is -0.481 e. The molecular weight excluding hydrogens is 256 g/mol. The molecule has 0 unspecified atom stereocenters. The third-order valence-electron chi connectivity index (χ3n) is 3.62. The average Bonchev–Trinajstić information content (AvgIpc) is 2.88. The fraction of sp³-hybridized carbons (Fsp3) is 0.400. The number of hydrogen-bond acceptors (Lipinski definition) is 3. The lowest BCUT2D eigenvalue weighted by Crippen LogP contribution is -2.40. The lowest BCUT2D eigenvalue weighted by atomic mass is 10.0. The van der Waals surface area contributed by atoms with Crippen LogP contribution in [0.4, 0.5) is 0 Å². The molecule has 0 spiro atoms. The van der Waals surface area contributed by atoms with Gasteiger partial charge in [0.15, 0.2) is 0 Å². The monoisotopic (exact) mass is 272 g/mol. The van der Waals surface area contributed by atoms with Crippen LogP contribution in [0.1, 0.15) is 35.2 Å². The highest BCUT2D eigenvalue weighted by molar-refractivity contribution is 5.94. The number of carbonyl (C=O) groups excluding carboxylic acids is 1. The predicted octanol–water partition coefficient (Wildman–Crippen LogP) is 1.74. The van der Waals surface area contributed by atoms with Crippen LogP contribution in [0.15, 0.2) is 24.3 Å². The van der Waals surface area contributed by atoms with E-state index >= 15 is 0 Å². The highest BCUT2D eigenvalue weighted by Crippen LogP contribution is 2.26. The molecule has 104 valence electrons. The summed E-state index contributed by atoms with van der Waals surface area (Å²) >= 11 is 0. The van der Waals surface area contributed by atoms with Crippen LogP contribution in [0, 0.1) is 17.2 Å². The molecule has 0 radical (unpaired) electrons. The predicted molar refractivity (Wildman–Crippen MR) is 72.0 cm³/mol. The molecule has 0 bridgehead atoms. The van der Waals surface area contributed by atoms with Gasteiger partial charge >= 0.3 is 5.97 Å². The minimum atomic E-state index is -0.856. The molecule has 1 aromatic carbocycles. The summed E-state index contributed by atoms with van der Waals surface area (Å²) in [5.74, 6) is -1.63. The standard InChI is InChI=1S/C15H16N2O3/c16-8-7-10-3-1-4-11(9-10)14(18)17-13-6-2-5-12(13)15(19)20/h1,3-4,9,12-13H,2,5-7H2,(H,17,18)(H,19,20)/t12-,13+/m1/s1. The largest absolute Gasteiger partial charge is 0.481 e. The van der Waals surface area contributed by atoms with Gasteiger partial charge in [0, 0.05) is 11.6 Å². The number of nitriles is 1. The Kier molecular flexibility index (Phi) is 4.36. The van der Waals surface area contributed by atoms with Crippen molar-refractivity contribution in [3.05, 3.63) is 35.4 Å². The van der Waals surface area contributed by atoms with Crippen molar-refractivity contribution in [2.75, 3.05) is 0 Å².